The first kappa shape index (κ1) is 20.0. The Morgan fingerprint density at radius 1 is 0.500 bits per heavy atom. The van der Waals surface area contributed by atoms with E-state index in [9.17, 15) is 0 Å². The monoisotopic (exact) mass is 282 g/mol. The molecule has 122 valence electrons. The highest BCUT2D eigenvalue weighted by atomic mass is 14.2. The van der Waals surface area contributed by atoms with Gasteiger partial charge in [-0.1, -0.05) is 118 Å². The number of hydrogen-bond donors (Lipinski definition) is 0. The zero-order valence-electron chi connectivity index (χ0n) is 15.1. The number of hydrogen-bond acceptors (Lipinski definition) is 0. The van der Waals surface area contributed by atoms with Gasteiger partial charge in [-0.05, 0) is 11.8 Å². The van der Waals surface area contributed by atoms with E-state index in [0.29, 0.717) is 0 Å². The average molecular weight is 283 g/mol. The Hall–Kier alpha value is 0. The molecule has 0 bridgehead atoms. The van der Waals surface area contributed by atoms with Crippen LogP contribution >= 0.6 is 0 Å². The first-order valence-electron chi connectivity index (χ1n) is 9.76. The number of unbranched alkanes of at least 4 members (excludes halogenated alkanes) is 8. The third kappa shape index (κ3) is 11.8. The molecule has 20 heavy (non-hydrogen) atoms. The van der Waals surface area contributed by atoms with Gasteiger partial charge in [0.15, 0.2) is 0 Å². The molecule has 0 nitrogen and oxygen atoms in total. The van der Waals surface area contributed by atoms with Gasteiger partial charge in [0.05, 0.1) is 0 Å². The second kappa shape index (κ2) is 15.4. The summed E-state index contributed by atoms with van der Waals surface area (Å²) < 4.78 is 0. The van der Waals surface area contributed by atoms with Crippen LogP contribution in [0.2, 0.25) is 0 Å². The van der Waals surface area contributed by atoms with Crippen LogP contribution in [-0.2, 0) is 0 Å². The molecule has 0 saturated heterocycles. The molecule has 0 fully saturated rings. The molecule has 0 radical (unpaired) electrons. The summed E-state index contributed by atoms with van der Waals surface area (Å²) in [4.78, 5) is 0. The highest BCUT2D eigenvalue weighted by Gasteiger charge is 2.16. The van der Waals surface area contributed by atoms with Gasteiger partial charge in [-0.15, -0.1) is 0 Å². The predicted octanol–water partition coefficient (Wildman–Crippen LogP) is 7.76. The molecule has 0 aromatic rings. The lowest BCUT2D eigenvalue weighted by atomic mass is 9.82. The molecule has 0 N–H and O–H groups in total. The van der Waals surface area contributed by atoms with Crippen molar-refractivity contribution in [3.8, 4) is 0 Å². The summed E-state index contributed by atoms with van der Waals surface area (Å²) in [6.45, 7) is 9.48. The van der Waals surface area contributed by atoms with Crippen LogP contribution in [0.25, 0.3) is 0 Å². The van der Waals surface area contributed by atoms with E-state index in [2.05, 4.69) is 27.7 Å². The summed E-state index contributed by atoms with van der Waals surface area (Å²) in [7, 11) is 0. The van der Waals surface area contributed by atoms with Crippen LogP contribution in [0, 0.1) is 11.8 Å². The van der Waals surface area contributed by atoms with Crippen molar-refractivity contribution < 1.29 is 0 Å². The van der Waals surface area contributed by atoms with Gasteiger partial charge in [0, 0.05) is 0 Å². The fraction of sp³-hybridized carbons (Fsp3) is 1.00. The fourth-order valence-corrected chi connectivity index (χ4v) is 3.32. The SMILES string of the molecule is CCCCCCCC(CCCC)C(C)CCCCCC. The molecule has 0 saturated carbocycles. The highest BCUT2D eigenvalue weighted by Crippen LogP contribution is 2.28. The standard InChI is InChI=1S/C20H42/c1-5-8-11-13-15-18-20(17-10-7-3)19(4)16-14-12-9-6-2/h19-20H,5-18H2,1-4H3. The van der Waals surface area contributed by atoms with Crippen LogP contribution in [0.3, 0.4) is 0 Å². The maximum Gasteiger partial charge on any atom is -0.0388 e. The molecule has 0 spiro atoms. The van der Waals surface area contributed by atoms with Crippen LogP contribution in [0.1, 0.15) is 118 Å². The van der Waals surface area contributed by atoms with Crippen molar-refractivity contribution in [2.75, 3.05) is 0 Å². The van der Waals surface area contributed by atoms with Crippen LogP contribution in [0.4, 0.5) is 0 Å². The van der Waals surface area contributed by atoms with Gasteiger partial charge in [-0.3, -0.25) is 0 Å². The molecule has 0 heterocycles. The van der Waals surface area contributed by atoms with Crippen LogP contribution in [-0.4, -0.2) is 0 Å². The van der Waals surface area contributed by atoms with Crippen LogP contribution < -0.4 is 0 Å². The van der Waals surface area contributed by atoms with Crippen molar-refractivity contribution in [2.24, 2.45) is 11.8 Å². The van der Waals surface area contributed by atoms with Crippen molar-refractivity contribution in [3.63, 3.8) is 0 Å². The van der Waals surface area contributed by atoms with E-state index in [-0.39, 0.29) is 0 Å². The zero-order valence-corrected chi connectivity index (χ0v) is 15.1. The Morgan fingerprint density at radius 2 is 0.950 bits per heavy atom. The van der Waals surface area contributed by atoms with Crippen molar-refractivity contribution in [3.05, 3.63) is 0 Å². The van der Waals surface area contributed by atoms with Crippen LogP contribution in [0.15, 0.2) is 0 Å². The van der Waals surface area contributed by atoms with Gasteiger partial charge < -0.3 is 0 Å². The number of rotatable bonds is 15. The summed E-state index contributed by atoms with van der Waals surface area (Å²) >= 11 is 0. The fourth-order valence-electron chi connectivity index (χ4n) is 3.32. The molecule has 0 aliphatic heterocycles. The van der Waals surface area contributed by atoms with E-state index in [1.807, 2.05) is 0 Å². The van der Waals surface area contributed by atoms with E-state index in [0.717, 1.165) is 11.8 Å². The molecule has 0 amide bonds. The maximum absolute atomic E-state index is 2.53. The molecule has 0 rings (SSSR count). The Balaban J connectivity index is 3.85. The first-order valence-corrected chi connectivity index (χ1v) is 9.76. The summed E-state index contributed by atoms with van der Waals surface area (Å²) in [5.41, 5.74) is 0. The van der Waals surface area contributed by atoms with E-state index in [1.165, 1.54) is 89.9 Å². The predicted molar refractivity (Wildman–Crippen MR) is 94.3 cm³/mol. The zero-order chi connectivity index (χ0) is 15.1. The van der Waals surface area contributed by atoms with E-state index in [1.54, 1.807) is 0 Å². The second-order valence-electron chi connectivity index (χ2n) is 6.93. The van der Waals surface area contributed by atoms with E-state index in [4.69, 9.17) is 0 Å². The van der Waals surface area contributed by atoms with Gasteiger partial charge in [0.1, 0.15) is 0 Å². The first-order chi connectivity index (χ1) is 9.76. The summed E-state index contributed by atoms with van der Waals surface area (Å²) in [6.07, 6.45) is 20.2. The summed E-state index contributed by atoms with van der Waals surface area (Å²) in [6, 6.07) is 0. The lowest BCUT2D eigenvalue weighted by Gasteiger charge is -2.24. The molecule has 0 aliphatic rings. The average Bonchev–Trinajstić information content (AvgIpc) is 2.46. The van der Waals surface area contributed by atoms with Crippen LogP contribution in [0.5, 0.6) is 0 Å². The molecule has 0 heteroatoms. The van der Waals surface area contributed by atoms with Crippen molar-refractivity contribution in [1.82, 2.24) is 0 Å². The lowest BCUT2D eigenvalue weighted by molar-refractivity contribution is 0.277. The third-order valence-electron chi connectivity index (χ3n) is 4.92. The second-order valence-corrected chi connectivity index (χ2v) is 6.93. The van der Waals surface area contributed by atoms with Gasteiger partial charge in [-0.25, -0.2) is 0 Å². The third-order valence-corrected chi connectivity index (χ3v) is 4.92. The van der Waals surface area contributed by atoms with E-state index >= 15 is 0 Å². The maximum atomic E-state index is 2.53. The largest absolute Gasteiger partial charge is 0.0654 e. The molecule has 0 aromatic heterocycles. The highest BCUT2D eigenvalue weighted by molar-refractivity contribution is 4.67. The van der Waals surface area contributed by atoms with Crippen molar-refractivity contribution >= 4 is 0 Å². The quantitative estimate of drug-likeness (QED) is 0.269. The topological polar surface area (TPSA) is 0 Å². The van der Waals surface area contributed by atoms with Gasteiger partial charge in [0.25, 0.3) is 0 Å². The summed E-state index contributed by atoms with van der Waals surface area (Å²) in [5, 5.41) is 0. The Bertz CT molecular complexity index is 173. The Kier molecular flexibility index (Phi) is 15.4. The molecule has 0 aliphatic carbocycles. The molecule has 2 atom stereocenters. The van der Waals surface area contributed by atoms with Gasteiger partial charge >= 0.3 is 0 Å². The minimum absolute atomic E-state index is 0.963. The van der Waals surface area contributed by atoms with Crippen molar-refractivity contribution in [2.45, 2.75) is 118 Å². The molecular weight excluding hydrogens is 240 g/mol. The van der Waals surface area contributed by atoms with Gasteiger partial charge in [0.2, 0.25) is 0 Å². The summed E-state index contributed by atoms with van der Waals surface area (Å²) in [5.74, 6) is 1.97. The molecular formula is C20H42. The Morgan fingerprint density at radius 3 is 1.55 bits per heavy atom. The molecule has 2 unspecified atom stereocenters. The molecule has 0 aromatic carbocycles. The Labute approximate surface area is 130 Å². The van der Waals surface area contributed by atoms with E-state index < -0.39 is 0 Å². The normalized spacial score (nSPS) is 14.4. The van der Waals surface area contributed by atoms with Gasteiger partial charge in [-0.2, -0.15) is 0 Å². The lowest BCUT2D eigenvalue weighted by Crippen LogP contribution is -2.12. The smallest absolute Gasteiger partial charge is 0.0388 e. The van der Waals surface area contributed by atoms with Crippen molar-refractivity contribution in [1.29, 1.82) is 0 Å². The minimum Gasteiger partial charge on any atom is -0.0654 e. The minimum atomic E-state index is 0.963.